The molecule has 0 aliphatic carbocycles. The van der Waals surface area contributed by atoms with Crippen LogP contribution in [0.15, 0.2) is 109 Å². The van der Waals surface area contributed by atoms with Crippen LogP contribution in [0.5, 0.6) is 0 Å². The fraction of sp³-hybridized carbons (Fsp3) is 0.0333. The third kappa shape index (κ3) is 4.36. The highest BCUT2D eigenvalue weighted by Crippen LogP contribution is 2.39. The van der Waals surface area contributed by atoms with Crippen LogP contribution in [0.2, 0.25) is 10.0 Å². The van der Waals surface area contributed by atoms with E-state index in [1.807, 2.05) is 66.7 Å². The van der Waals surface area contributed by atoms with Gasteiger partial charge >= 0.3 is 0 Å². The molecule has 2 nitrogen and oxygen atoms in total. The summed E-state index contributed by atoms with van der Waals surface area (Å²) in [7, 11) is 0. The molecular formula is C30H21Cl2NO. The quantitative estimate of drug-likeness (QED) is 0.258. The number of hydrogen-bond acceptors (Lipinski definition) is 2. The maximum Gasteiger partial charge on any atom is 0.140 e. The van der Waals surface area contributed by atoms with E-state index in [4.69, 9.17) is 23.2 Å². The van der Waals surface area contributed by atoms with Crippen LogP contribution in [0, 0.1) is 0 Å². The molecule has 0 bridgehead atoms. The van der Waals surface area contributed by atoms with E-state index < -0.39 is 5.60 Å². The lowest BCUT2D eigenvalue weighted by Gasteiger charge is -2.30. The van der Waals surface area contributed by atoms with Gasteiger partial charge in [-0.3, -0.25) is 4.98 Å². The largest absolute Gasteiger partial charge is 0.376 e. The summed E-state index contributed by atoms with van der Waals surface area (Å²) in [6.07, 6.45) is 5.95. The lowest BCUT2D eigenvalue weighted by molar-refractivity contribution is 0.126. The maximum atomic E-state index is 12.2. The van der Waals surface area contributed by atoms with Gasteiger partial charge in [0.05, 0.1) is 5.52 Å². The van der Waals surface area contributed by atoms with Crippen molar-refractivity contribution >= 4 is 46.3 Å². The molecule has 0 unspecified atom stereocenters. The van der Waals surface area contributed by atoms with Crippen molar-refractivity contribution in [3.63, 3.8) is 0 Å². The molecule has 1 N–H and O–H groups in total. The van der Waals surface area contributed by atoms with E-state index in [2.05, 4.69) is 29.3 Å². The Morgan fingerprint density at radius 1 is 0.647 bits per heavy atom. The van der Waals surface area contributed by atoms with Gasteiger partial charge in [0.25, 0.3) is 0 Å². The molecular weight excluding hydrogens is 461 g/mol. The number of pyridine rings is 1. The van der Waals surface area contributed by atoms with Crippen molar-refractivity contribution < 1.29 is 5.11 Å². The number of nitrogens with zero attached hydrogens (tertiary/aromatic N) is 1. The summed E-state index contributed by atoms with van der Waals surface area (Å²) in [5.41, 5.74) is 3.74. The van der Waals surface area contributed by atoms with Crippen LogP contribution in [0.3, 0.4) is 0 Å². The molecule has 5 aromatic rings. The maximum absolute atomic E-state index is 12.2. The van der Waals surface area contributed by atoms with Gasteiger partial charge in [0.15, 0.2) is 0 Å². The smallest absolute Gasteiger partial charge is 0.140 e. The highest BCUT2D eigenvalue weighted by atomic mass is 35.5. The van der Waals surface area contributed by atoms with Crippen LogP contribution in [0.25, 0.3) is 23.1 Å². The van der Waals surface area contributed by atoms with Crippen molar-refractivity contribution in [1.82, 2.24) is 4.98 Å². The predicted molar refractivity (Wildman–Crippen MR) is 142 cm³/mol. The second-order valence-electron chi connectivity index (χ2n) is 8.10. The standard InChI is InChI=1S/C30H21Cl2NO/c31-26-13-8-23(9-14-26)30(34,24-10-15-27(32)16-11-24)25-12-17-29-28(20-25)22(18-19-33-29)7-6-21-4-2-1-3-5-21/h1-20,34H. The third-order valence-electron chi connectivity index (χ3n) is 5.97. The van der Waals surface area contributed by atoms with Crippen LogP contribution < -0.4 is 0 Å². The molecule has 0 fully saturated rings. The molecule has 1 aromatic heterocycles. The minimum atomic E-state index is -1.40. The Kier molecular flexibility index (Phi) is 6.21. The van der Waals surface area contributed by atoms with E-state index in [-0.39, 0.29) is 0 Å². The molecule has 0 atom stereocenters. The predicted octanol–water partition coefficient (Wildman–Crippen LogP) is 8.00. The molecule has 5 rings (SSSR count). The summed E-state index contributed by atoms with van der Waals surface area (Å²) in [5.74, 6) is 0. The first kappa shape index (κ1) is 22.4. The van der Waals surface area contributed by atoms with Crippen molar-refractivity contribution in [2.75, 3.05) is 0 Å². The zero-order valence-electron chi connectivity index (χ0n) is 18.2. The van der Waals surface area contributed by atoms with Gasteiger partial charge in [-0.2, -0.15) is 0 Å². The summed E-state index contributed by atoms with van der Waals surface area (Å²) < 4.78 is 0. The Labute approximate surface area is 208 Å². The zero-order valence-corrected chi connectivity index (χ0v) is 19.7. The van der Waals surface area contributed by atoms with Crippen LogP contribution >= 0.6 is 23.2 Å². The SMILES string of the molecule is OC(c1ccc(Cl)cc1)(c1ccc(Cl)cc1)c1ccc2nccc(C=Cc3ccccc3)c2c1. The van der Waals surface area contributed by atoms with Crippen molar-refractivity contribution in [3.05, 3.63) is 147 Å². The molecule has 34 heavy (non-hydrogen) atoms. The van der Waals surface area contributed by atoms with Gasteiger partial charge in [-0.05, 0) is 70.3 Å². The molecule has 0 aliphatic rings. The fourth-order valence-electron chi connectivity index (χ4n) is 4.17. The molecule has 0 amide bonds. The molecule has 0 aliphatic heterocycles. The zero-order chi connectivity index (χ0) is 23.5. The van der Waals surface area contributed by atoms with E-state index in [0.717, 1.165) is 27.6 Å². The molecule has 0 saturated heterocycles. The van der Waals surface area contributed by atoms with Gasteiger partial charge in [-0.25, -0.2) is 0 Å². The fourth-order valence-corrected chi connectivity index (χ4v) is 4.42. The summed E-state index contributed by atoms with van der Waals surface area (Å²) in [4.78, 5) is 4.54. The van der Waals surface area contributed by atoms with Crippen LogP contribution in [0.1, 0.15) is 27.8 Å². The molecule has 4 aromatic carbocycles. The van der Waals surface area contributed by atoms with Gasteiger partial charge in [0.2, 0.25) is 0 Å². The van der Waals surface area contributed by atoms with Crippen molar-refractivity contribution in [3.8, 4) is 0 Å². The molecule has 4 heteroatoms. The third-order valence-corrected chi connectivity index (χ3v) is 6.48. The lowest BCUT2D eigenvalue weighted by atomic mass is 9.80. The number of benzene rings is 4. The molecule has 166 valence electrons. The normalized spacial score (nSPS) is 11.9. The highest BCUT2D eigenvalue weighted by molar-refractivity contribution is 6.30. The second-order valence-corrected chi connectivity index (χ2v) is 8.97. The number of fused-ring (bicyclic) bond motifs is 1. The number of hydrogen-bond donors (Lipinski definition) is 1. The first-order valence-electron chi connectivity index (χ1n) is 10.9. The van der Waals surface area contributed by atoms with E-state index in [1.54, 1.807) is 30.5 Å². The Morgan fingerprint density at radius 3 is 1.85 bits per heavy atom. The Hall–Kier alpha value is -3.43. The van der Waals surface area contributed by atoms with E-state index in [1.165, 1.54) is 0 Å². The first-order chi connectivity index (χ1) is 16.5. The van der Waals surface area contributed by atoms with Crippen molar-refractivity contribution in [2.24, 2.45) is 0 Å². The summed E-state index contributed by atoms with van der Waals surface area (Å²) >= 11 is 12.3. The van der Waals surface area contributed by atoms with Gasteiger partial charge in [-0.1, -0.05) is 96.0 Å². The minimum absolute atomic E-state index is 0.609. The average Bonchev–Trinajstić information content (AvgIpc) is 2.88. The second kappa shape index (κ2) is 9.44. The van der Waals surface area contributed by atoms with Crippen molar-refractivity contribution in [2.45, 2.75) is 5.60 Å². The van der Waals surface area contributed by atoms with E-state index in [9.17, 15) is 5.11 Å². The number of halogens is 2. The number of aromatic nitrogens is 1. The van der Waals surface area contributed by atoms with Gasteiger partial charge in [0, 0.05) is 21.6 Å². The number of aliphatic hydroxyl groups is 1. The molecule has 1 heterocycles. The highest BCUT2D eigenvalue weighted by Gasteiger charge is 2.34. The summed E-state index contributed by atoms with van der Waals surface area (Å²) in [6, 6.07) is 32.5. The summed E-state index contributed by atoms with van der Waals surface area (Å²) in [5, 5.41) is 14.4. The minimum Gasteiger partial charge on any atom is -0.376 e. The van der Waals surface area contributed by atoms with Crippen LogP contribution in [-0.4, -0.2) is 10.1 Å². The van der Waals surface area contributed by atoms with Crippen LogP contribution in [0.4, 0.5) is 0 Å². The molecule has 0 radical (unpaired) electrons. The topological polar surface area (TPSA) is 33.1 Å². The van der Waals surface area contributed by atoms with Gasteiger partial charge in [-0.15, -0.1) is 0 Å². The van der Waals surface area contributed by atoms with Crippen molar-refractivity contribution in [1.29, 1.82) is 0 Å². The molecule has 0 spiro atoms. The molecule has 0 saturated carbocycles. The average molecular weight is 482 g/mol. The lowest BCUT2D eigenvalue weighted by Crippen LogP contribution is -2.28. The first-order valence-corrected chi connectivity index (χ1v) is 11.7. The van der Waals surface area contributed by atoms with Gasteiger partial charge in [0.1, 0.15) is 5.60 Å². The Bertz CT molecular complexity index is 1410. The van der Waals surface area contributed by atoms with E-state index in [0.29, 0.717) is 21.2 Å². The Morgan fingerprint density at radius 2 is 1.24 bits per heavy atom. The number of rotatable bonds is 5. The summed E-state index contributed by atoms with van der Waals surface area (Å²) in [6.45, 7) is 0. The monoisotopic (exact) mass is 481 g/mol. The van der Waals surface area contributed by atoms with E-state index >= 15 is 0 Å². The Balaban J connectivity index is 1.68. The van der Waals surface area contributed by atoms with Gasteiger partial charge < -0.3 is 5.11 Å². The van der Waals surface area contributed by atoms with Crippen LogP contribution in [-0.2, 0) is 5.60 Å².